The van der Waals surface area contributed by atoms with E-state index in [9.17, 15) is 19.2 Å². The van der Waals surface area contributed by atoms with Crippen LogP contribution in [0.2, 0.25) is 5.02 Å². The van der Waals surface area contributed by atoms with Crippen LogP contribution in [0.3, 0.4) is 0 Å². The van der Waals surface area contributed by atoms with E-state index in [0.29, 0.717) is 73.5 Å². The molecule has 1 aliphatic heterocycles. The van der Waals surface area contributed by atoms with Gasteiger partial charge in [0.25, 0.3) is 11.8 Å². The second-order valence-corrected chi connectivity index (χ2v) is 10.9. The van der Waals surface area contributed by atoms with Crippen LogP contribution in [0.5, 0.6) is 0 Å². The zero-order valence-electron chi connectivity index (χ0n) is 22.9. The molecule has 3 aromatic rings. The van der Waals surface area contributed by atoms with Gasteiger partial charge < -0.3 is 29.6 Å². The molecule has 2 fully saturated rings. The molecule has 0 unspecified atom stereocenters. The van der Waals surface area contributed by atoms with Crippen LogP contribution < -0.4 is 10.6 Å². The van der Waals surface area contributed by atoms with Crippen molar-refractivity contribution in [1.82, 2.24) is 14.8 Å². The summed E-state index contributed by atoms with van der Waals surface area (Å²) in [7, 11) is 3.46. The summed E-state index contributed by atoms with van der Waals surface area (Å²) in [5.41, 5.74) is 0.928. The predicted octanol–water partition coefficient (Wildman–Crippen LogP) is 4.04. The van der Waals surface area contributed by atoms with E-state index in [4.69, 9.17) is 20.8 Å². The fraction of sp³-hybridized carbons (Fsp3) is 0.414. The standard InChI is InChI=1S/C29H32ClN5O6/c1-34(2)28(38)18-5-3-17(4-6-18)26(36)33-24-21-15-19(29(39)35-11-13-40-14-12-35)7-9-22(21)41-25(24)27(37)32-23-10-8-20(30)16-31-23/h7-10,15-18H,3-6,11-14H2,1-2H3,(H,33,36)(H,31,32,37). The van der Waals surface area contributed by atoms with Crippen LogP contribution in [0.25, 0.3) is 11.0 Å². The lowest BCUT2D eigenvalue weighted by atomic mass is 9.81. The number of amides is 4. The number of hydrogen-bond acceptors (Lipinski definition) is 7. The Morgan fingerprint density at radius 2 is 1.68 bits per heavy atom. The molecule has 2 aromatic heterocycles. The van der Waals surface area contributed by atoms with Gasteiger partial charge in [-0.25, -0.2) is 4.98 Å². The minimum atomic E-state index is -0.618. The molecule has 0 atom stereocenters. The number of carbonyl (C=O) groups excluding carboxylic acids is 4. The molecular weight excluding hydrogens is 550 g/mol. The predicted molar refractivity (Wildman–Crippen MR) is 153 cm³/mol. The number of ether oxygens (including phenoxy) is 1. The van der Waals surface area contributed by atoms with E-state index >= 15 is 0 Å². The van der Waals surface area contributed by atoms with Gasteiger partial charge in [0.1, 0.15) is 17.1 Å². The smallest absolute Gasteiger partial charge is 0.294 e. The monoisotopic (exact) mass is 581 g/mol. The maximum Gasteiger partial charge on any atom is 0.294 e. The Morgan fingerprint density at radius 3 is 2.34 bits per heavy atom. The molecular formula is C29H32ClN5O6. The first kappa shape index (κ1) is 28.6. The number of benzene rings is 1. The van der Waals surface area contributed by atoms with Crippen molar-refractivity contribution in [2.45, 2.75) is 25.7 Å². The van der Waals surface area contributed by atoms with Crippen molar-refractivity contribution in [3.8, 4) is 0 Å². The average Bonchev–Trinajstić information content (AvgIpc) is 3.35. The fourth-order valence-electron chi connectivity index (χ4n) is 5.28. The fourth-order valence-corrected chi connectivity index (χ4v) is 5.39. The van der Waals surface area contributed by atoms with Crippen molar-refractivity contribution in [3.05, 3.63) is 52.9 Å². The van der Waals surface area contributed by atoms with Crippen molar-refractivity contribution >= 4 is 57.7 Å². The number of halogens is 1. The Kier molecular flexibility index (Phi) is 8.55. The maximum absolute atomic E-state index is 13.5. The highest BCUT2D eigenvalue weighted by Crippen LogP contribution is 2.35. The SMILES string of the molecule is CN(C)C(=O)C1CCC(C(=O)Nc2c(C(=O)Nc3ccc(Cl)cn3)oc3ccc(C(=O)N4CCOCC4)cc23)CC1. The van der Waals surface area contributed by atoms with Crippen LogP contribution in [-0.4, -0.2) is 78.8 Å². The number of pyridine rings is 1. The highest BCUT2D eigenvalue weighted by atomic mass is 35.5. The highest BCUT2D eigenvalue weighted by Gasteiger charge is 2.32. The molecule has 0 spiro atoms. The van der Waals surface area contributed by atoms with Gasteiger partial charge in [-0.05, 0) is 56.0 Å². The van der Waals surface area contributed by atoms with E-state index in [1.165, 1.54) is 6.20 Å². The second-order valence-electron chi connectivity index (χ2n) is 10.5. The van der Waals surface area contributed by atoms with Crippen LogP contribution in [0.4, 0.5) is 11.5 Å². The number of carbonyl (C=O) groups is 4. The molecule has 12 heteroatoms. The van der Waals surface area contributed by atoms with Gasteiger partial charge >= 0.3 is 0 Å². The van der Waals surface area contributed by atoms with Gasteiger partial charge in [-0.1, -0.05) is 11.6 Å². The molecule has 0 radical (unpaired) electrons. The van der Waals surface area contributed by atoms with Crippen LogP contribution in [0.1, 0.15) is 46.6 Å². The van der Waals surface area contributed by atoms with E-state index in [1.54, 1.807) is 54.2 Å². The number of rotatable bonds is 6. The molecule has 1 aromatic carbocycles. The number of nitrogens with one attached hydrogen (secondary N) is 2. The quantitative estimate of drug-likeness (QED) is 0.449. The maximum atomic E-state index is 13.5. The van der Waals surface area contributed by atoms with Crippen molar-refractivity contribution in [2.75, 3.05) is 51.0 Å². The van der Waals surface area contributed by atoms with Crippen LogP contribution in [0, 0.1) is 11.8 Å². The lowest BCUT2D eigenvalue weighted by Gasteiger charge is -2.28. The summed E-state index contributed by atoms with van der Waals surface area (Å²) in [5.74, 6) is -1.30. The molecule has 216 valence electrons. The van der Waals surface area contributed by atoms with Gasteiger partial charge in [-0.2, -0.15) is 0 Å². The molecule has 41 heavy (non-hydrogen) atoms. The number of nitrogens with zero attached hydrogens (tertiary/aromatic N) is 3. The normalized spacial score (nSPS) is 19.0. The van der Waals surface area contributed by atoms with E-state index in [1.807, 2.05) is 0 Å². The summed E-state index contributed by atoms with van der Waals surface area (Å²) in [6.45, 7) is 1.89. The molecule has 11 nitrogen and oxygen atoms in total. The molecule has 3 heterocycles. The molecule has 1 aliphatic carbocycles. The summed E-state index contributed by atoms with van der Waals surface area (Å²) in [4.78, 5) is 59.8. The third-order valence-corrected chi connectivity index (χ3v) is 7.77. The Labute approximate surface area is 242 Å². The van der Waals surface area contributed by atoms with E-state index < -0.39 is 5.91 Å². The molecule has 1 saturated heterocycles. The third-order valence-electron chi connectivity index (χ3n) is 7.54. The topological polar surface area (TPSA) is 134 Å². The lowest BCUT2D eigenvalue weighted by molar-refractivity contribution is -0.135. The molecule has 5 rings (SSSR count). The largest absolute Gasteiger partial charge is 0.449 e. The molecule has 4 amide bonds. The summed E-state index contributed by atoms with van der Waals surface area (Å²) in [6.07, 6.45) is 3.70. The zero-order valence-corrected chi connectivity index (χ0v) is 23.7. The van der Waals surface area contributed by atoms with Crippen molar-refractivity contribution in [2.24, 2.45) is 11.8 Å². The van der Waals surface area contributed by atoms with Gasteiger partial charge in [0.15, 0.2) is 0 Å². The molecule has 1 saturated carbocycles. The number of aromatic nitrogens is 1. The number of hydrogen-bond donors (Lipinski definition) is 2. The third kappa shape index (κ3) is 6.36. The summed E-state index contributed by atoms with van der Waals surface area (Å²) in [5, 5.41) is 6.44. The number of anilines is 2. The van der Waals surface area contributed by atoms with Gasteiger partial charge in [-0.15, -0.1) is 0 Å². The molecule has 0 bridgehead atoms. The van der Waals surface area contributed by atoms with Crippen LogP contribution >= 0.6 is 11.6 Å². The number of morpholine rings is 1. The van der Waals surface area contributed by atoms with E-state index in [0.717, 1.165) is 0 Å². The Hall–Kier alpha value is -3.96. The zero-order chi connectivity index (χ0) is 29.1. The van der Waals surface area contributed by atoms with Crippen LogP contribution in [0.15, 0.2) is 40.9 Å². The minimum Gasteiger partial charge on any atom is -0.449 e. The average molecular weight is 582 g/mol. The van der Waals surface area contributed by atoms with Gasteiger partial charge in [-0.3, -0.25) is 19.2 Å². The lowest BCUT2D eigenvalue weighted by Crippen LogP contribution is -2.40. The Balaban J connectivity index is 1.43. The molecule has 2 aliphatic rings. The van der Waals surface area contributed by atoms with E-state index in [2.05, 4.69) is 15.6 Å². The first-order valence-corrected chi connectivity index (χ1v) is 14.0. The van der Waals surface area contributed by atoms with Crippen molar-refractivity contribution in [3.63, 3.8) is 0 Å². The second kappa shape index (κ2) is 12.3. The Bertz CT molecular complexity index is 1460. The number of fused-ring (bicyclic) bond motifs is 1. The summed E-state index contributed by atoms with van der Waals surface area (Å²) in [6, 6.07) is 8.03. The van der Waals surface area contributed by atoms with Crippen LogP contribution in [-0.2, 0) is 14.3 Å². The van der Waals surface area contributed by atoms with Crippen molar-refractivity contribution < 1.29 is 28.3 Å². The Morgan fingerprint density at radius 1 is 0.976 bits per heavy atom. The first-order chi connectivity index (χ1) is 19.7. The highest BCUT2D eigenvalue weighted by molar-refractivity contribution is 6.30. The van der Waals surface area contributed by atoms with Gasteiger partial charge in [0, 0.05) is 56.2 Å². The molecule has 2 N–H and O–H groups in total. The summed E-state index contributed by atoms with van der Waals surface area (Å²) < 4.78 is 11.3. The van der Waals surface area contributed by atoms with Gasteiger partial charge in [0.05, 0.1) is 18.2 Å². The summed E-state index contributed by atoms with van der Waals surface area (Å²) >= 11 is 5.91. The number of furan rings is 1. The minimum absolute atomic E-state index is 0.0666. The van der Waals surface area contributed by atoms with Crippen molar-refractivity contribution in [1.29, 1.82) is 0 Å². The van der Waals surface area contributed by atoms with Gasteiger partial charge in [0.2, 0.25) is 17.6 Å². The first-order valence-electron chi connectivity index (χ1n) is 13.6. The van der Waals surface area contributed by atoms with E-state index in [-0.39, 0.29) is 46.8 Å².